The molecule has 5 nitrogen and oxygen atoms in total. The summed E-state index contributed by atoms with van der Waals surface area (Å²) >= 11 is 0. The predicted molar refractivity (Wildman–Crippen MR) is 46.4 cm³/mol. The van der Waals surface area contributed by atoms with Gasteiger partial charge < -0.3 is 0 Å². The third-order valence-corrected chi connectivity index (χ3v) is 2.61. The molecule has 0 unspecified atom stereocenters. The molecule has 0 aliphatic rings. The molecule has 0 spiro atoms. The fourth-order valence-electron chi connectivity index (χ4n) is 1.06. The number of hydrogen-bond acceptors (Lipinski definition) is 4. The van der Waals surface area contributed by atoms with Gasteiger partial charge in [-0.15, -0.1) is 3.89 Å². The summed E-state index contributed by atoms with van der Waals surface area (Å²) in [7, 11) is -5.70. The zero-order valence-corrected chi connectivity index (χ0v) is 8.55. The second-order valence-corrected chi connectivity index (χ2v) is 4.19. The van der Waals surface area contributed by atoms with Crippen molar-refractivity contribution in [3.05, 3.63) is 33.9 Å². The van der Waals surface area contributed by atoms with Crippen LogP contribution in [0.15, 0.2) is 23.1 Å². The minimum Gasteiger partial charge on any atom is -0.258 e. The van der Waals surface area contributed by atoms with Crippen LogP contribution in [0.5, 0.6) is 0 Å². The molecule has 0 fully saturated rings. The minimum atomic E-state index is -5.70. The summed E-state index contributed by atoms with van der Waals surface area (Å²) in [6, 6.07) is 0.611. The monoisotopic (exact) mass is 273 g/mol. The lowest BCUT2D eigenvalue weighted by Crippen LogP contribution is -2.11. The molecule has 0 heterocycles. The Kier molecular flexibility index (Phi) is 3.10. The second kappa shape index (κ2) is 3.95. The lowest BCUT2D eigenvalue weighted by Gasteiger charge is -2.09. The molecule has 0 amide bonds. The fourth-order valence-corrected chi connectivity index (χ4v) is 1.77. The predicted octanol–water partition coefficient (Wildman–Crippen LogP) is 2.27. The van der Waals surface area contributed by atoms with Gasteiger partial charge in [0.15, 0.2) is 0 Å². The average Bonchev–Trinajstić information content (AvgIpc) is 2.14. The number of nitrogens with zero attached hydrogens (tertiary/aromatic N) is 1. The zero-order chi connectivity index (χ0) is 13.4. The molecule has 94 valence electrons. The van der Waals surface area contributed by atoms with E-state index in [1.165, 1.54) is 0 Å². The number of nitro benzene ring substituents is 1. The summed E-state index contributed by atoms with van der Waals surface area (Å²) in [5, 5.41) is 10.2. The lowest BCUT2D eigenvalue weighted by molar-refractivity contribution is -0.385. The van der Waals surface area contributed by atoms with Gasteiger partial charge in [0.2, 0.25) is 0 Å². The van der Waals surface area contributed by atoms with Crippen molar-refractivity contribution in [3.63, 3.8) is 0 Å². The van der Waals surface area contributed by atoms with Crippen LogP contribution in [0.4, 0.5) is 22.7 Å². The standard InChI is InChI=1S/C7H3F4NO4S/c8-7(9,10)5-2-1-4(12(13)14)3-6(5)17(11,15)16/h1-3H. The summed E-state index contributed by atoms with van der Waals surface area (Å²) in [6.07, 6.45) is -5.12. The van der Waals surface area contributed by atoms with E-state index in [1.807, 2.05) is 0 Å². The maximum absolute atomic E-state index is 12.6. The highest BCUT2D eigenvalue weighted by Crippen LogP contribution is 2.36. The van der Waals surface area contributed by atoms with E-state index in [9.17, 15) is 35.6 Å². The van der Waals surface area contributed by atoms with Crippen LogP contribution in [0.3, 0.4) is 0 Å². The summed E-state index contributed by atoms with van der Waals surface area (Å²) in [5.41, 5.74) is -2.74. The van der Waals surface area contributed by atoms with Gasteiger partial charge in [-0.1, -0.05) is 0 Å². The van der Waals surface area contributed by atoms with Gasteiger partial charge in [-0.05, 0) is 6.07 Å². The van der Waals surface area contributed by atoms with Gasteiger partial charge in [0.1, 0.15) is 4.90 Å². The molecule has 0 N–H and O–H groups in total. The Hall–Kier alpha value is -1.71. The molecular weight excluding hydrogens is 270 g/mol. The van der Waals surface area contributed by atoms with Gasteiger partial charge in [0.05, 0.1) is 10.5 Å². The molecule has 0 saturated heterocycles. The quantitative estimate of drug-likeness (QED) is 0.358. The van der Waals surface area contributed by atoms with E-state index in [0.29, 0.717) is 6.07 Å². The third kappa shape index (κ3) is 2.90. The summed E-state index contributed by atoms with van der Waals surface area (Å²) in [4.78, 5) is 7.35. The Labute approximate surface area is 92.0 Å². The molecule has 1 aromatic rings. The van der Waals surface area contributed by atoms with Crippen LogP contribution in [-0.4, -0.2) is 13.3 Å². The van der Waals surface area contributed by atoms with E-state index in [2.05, 4.69) is 0 Å². The number of nitro groups is 1. The van der Waals surface area contributed by atoms with E-state index in [1.54, 1.807) is 0 Å². The van der Waals surface area contributed by atoms with Crippen molar-refractivity contribution in [2.24, 2.45) is 0 Å². The van der Waals surface area contributed by atoms with Crippen molar-refractivity contribution in [3.8, 4) is 0 Å². The highest BCUT2D eigenvalue weighted by molar-refractivity contribution is 7.86. The highest BCUT2D eigenvalue weighted by atomic mass is 32.3. The molecule has 0 bridgehead atoms. The Bertz CT molecular complexity index is 566. The SMILES string of the molecule is O=[N+]([O-])c1ccc(C(F)(F)F)c(S(=O)(=O)F)c1. The van der Waals surface area contributed by atoms with Crippen LogP contribution < -0.4 is 0 Å². The highest BCUT2D eigenvalue weighted by Gasteiger charge is 2.38. The number of alkyl halides is 3. The van der Waals surface area contributed by atoms with Crippen molar-refractivity contribution in [2.75, 3.05) is 0 Å². The van der Waals surface area contributed by atoms with E-state index >= 15 is 0 Å². The molecule has 0 aliphatic heterocycles. The van der Waals surface area contributed by atoms with Crippen molar-refractivity contribution in [2.45, 2.75) is 11.1 Å². The molecule has 17 heavy (non-hydrogen) atoms. The summed E-state index contributed by atoms with van der Waals surface area (Å²) < 4.78 is 70.5. The Morgan fingerprint density at radius 2 is 1.76 bits per heavy atom. The number of hydrogen-bond donors (Lipinski definition) is 0. The molecule has 0 saturated carbocycles. The molecular formula is C7H3F4NO4S. The molecule has 1 rings (SSSR count). The third-order valence-electron chi connectivity index (χ3n) is 1.74. The number of rotatable bonds is 2. The Morgan fingerprint density at radius 3 is 2.12 bits per heavy atom. The van der Waals surface area contributed by atoms with Crippen LogP contribution >= 0.6 is 0 Å². The molecule has 0 radical (unpaired) electrons. The van der Waals surface area contributed by atoms with Crippen molar-refractivity contribution < 1.29 is 30.4 Å². The van der Waals surface area contributed by atoms with E-state index in [-0.39, 0.29) is 12.1 Å². The number of halogens is 4. The first-order chi connectivity index (χ1) is 7.53. The molecule has 0 atom stereocenters. The first-order valence-electron chi connectivity index (χ1n) is 3.84. The van der Waals surface area contributed by atoms with Gasteiger partial charge in [-0.2, -0.15) is 21.6 Å². The van der Waals surface area contributed by atoms with Crippen LogP contribution in [-0.2, 0) is 16.4 Å². The maximum Gasteiger partial charge on any atom is 0.417 e. The molecule has 0 aromatic heterocycles. The smallest absolute Gasteiger partial charge is 0.258 e. The van der Waals surface area contributed by atoms with Crippen LogP contribution in [0.25, 0.3) is 0 Å². The second-order valence-electron chi connectivity index (χ2n) is 2.87. The Morgan fingerprint density at radius 1 is 1.24 bits per heavy atom. The molecule has 1 aromatic carbocycles. The Balaban J connectivity index is 3.60. The van der Waals surface area contributed by atoms with E-state index in [0.717, 1.165) is 0 Å². The van der Waals surface area contributed by atoms with Gasteiger partial charge >= 0.3 is 16.4 Å². The van der Waals surface area contributed by atoms with Crippen molar-refractivity contribution in [1.29, 1.82) is 0 Å². The van der Waals surface area contributed by atoms with Crippen molar-refractivity contribution in [1.82, 2.24) is 0 Å². The molecule has 10 heteroatoms. The molecule has 0 aliphatic carbocycles. The normalized spacial score (nSPS) is 12.5. The van der Waals surface area contributed by atoms with Crippen molar-refractivity contribution >= 4 is 15.9 Å². The fraction of sp³-hybridized carbons (Fsp3) is 0.143. The summed E-state index contributed by atoms with van der Waals surface area (Å²) in [6.45, 7) is 0. The number of benzene rings is 1. The van der Waals surface area contributed by atoms with Crippen LogP contribution in [0, 0.1) is 10.1 Å². The van der Waals surface area contributed by atoms with E-state index in [4.69, 9.17) is 0 Å². The van der Waals surface area contributed by atoms with Gasteiger partial charge in [0, 0.05) is 12.1 Å². The largest absolute Gasteiger partial charge is 0.417 e. The van der Waals surface area contributed by atoms with Crippen LogP contribution in [0.2, 0.25) is 0 Å². The number of non-ortho nitro benzene ring substituents is 1. The van der Waals surface area contributed by atoms with E-state index < -0.39 is 37.5 Å². The van der Waals surface area contributed by atoms with Gasteiger partial charge in [-0.25, -0.2) is 0 Å². The van der Waals surface area contributed by atoms with Gasteiger partial charge in [-0.3, -0.25) is 10.1 Å². The lowest BCUT2D eigenvalue weighted by atomic mass is 10.2. The summed E-state index contributed by atoms with van der Waals surface area (Å²) in [5.74, 6) is 0. The maximum atomic E-state index is 12.6. The average molecular weight is 273 g/mol. The van der Waals surface area contributed by atoms with Gasteiger partial charge in [0.25, 0.3) is 5.69 Å². The first kappa shape index (κ1) is 13.4. The minimum absolute atomic E-state index is 0.0259. The van der Waals surface area contributed by atoms with Crippen LogP contribution in [0.1, 0.15) is 5.56 Å². The topological polar surface area (TPSA) is 77.3 Å². The first-order valence-corrected chi connectivity index (χ1v) is 5.22. The zero-order valence-electron chi connectivity index (χ0n) is 7.73.